The lowest BCUT2D eigenvalue weighted by molar-refractivity contribution is 0.412. The van der Waals surface area contributed by atoms with Crippen LogP contribution in [0, 0.1) is 6.92 Å². The third kappa shape index (κ3) is 3.59. The van der Waals surface area contributed by atoms with E-state index in [4.69, 9.17) is 4.74 Å². The molecular weight excluding hydrogens is 422 g/mol. The lowest BCUT2D eigenvalue weighted by Crippen LogP contribution is -2.14. The Balaban J connectivity index is 2.44. The number of rotatable bonds is 4. The summed E-state index contributed by atoms with van der Waals surface area (Å²) in [6, 6.07) is 10.2. The number of hydrogen-bond donors (Lipinski definition) is 1. The Kier molecular flexibility index (Phi) is 4.95. The Hall–Kier alpha value is -1.05. The first-order valence-corrected chi connectivity index (χ1v) is 9.03. The molecule has 0 heterocycles. The highest BCUT2D eigenvalue weighted by atomic mass is 79.9. The van der Waals surface area contributed by atoms with Crippen LogP contribution in [0.2, 0.25) is 0 Å². The number of nitrogens with one attached hydrogen (secondary N) is 1. The maximum atomic E-state index is 12.5. The first-order valence-electron chi connectivity index (χ1n) is 5.96. The second-order valence-corrected chi connectivity index (χ2v) is 7.70. The zero-order valence-electron chi connectivity index (χ0n) is 11.4. The molecule has 4 nitrogen and oxygen atoms in total. The lowest BCUT2D eigenvalue weighted by Gasteiger charge is -2.13. The van der Waals surface area contributed by atoms with Crippen LogP contribution in [-0.4, -0.2) is 15.5 Å². The molecule has 2 aromatic rings. The predicted octanol–water partition coefficient (Wildman–Crippen LogP) is 4.33. The van der Waals surface area contributed by atoms with Crippen LogP contribution in [0.4, 0.5) is 5.69 Å². The number of benzene rings is 2. The summed E-state index contributed by atoms with van der Waals surface area (Å²) >= 11 is 6.69. The number of halogens is 2. The van der Waals surface area contributed by atoms with Gasteiger partial charge in [-0.25, -0.2) is 8.42 Å². The average Bonchev–Trinajstić information content (AvgIpc) is 2.42. The fraction of sp³-hybridized carbons (Fsp3) is 0.143. The van der Waals surface area contributed by atoms with Gasteiger partial charge in [0.05, 0.1) is 22.2 Å². The van der Waals surface area contributed by atoms with Crippen molar-refractivity contribution < 1.29 is 13.2 Å². The highest BCUT2D eigenvalue weighted by molar-refractivity contribution is 9.11. The van der Waals surface area contributed by atoms with E-state index in [0.717, 1.165) is 4.47 Å². The van der Waals surface area contributed by atoms with Gasteiger partial charge in [0, 0.05) is 10.5 Å². The first kappa shape index (κ1) is 16.3. The van der Waals surface area contributed by atoms with E-state index in [0.29, 0.717) is 21.5 Å². The Morgan fingerprint density at radius 2 is 1.76 bits per heavy atom. The normalized spacial score (nSPS) is 11.2. The lowest BCUT2D eigenvalue weighted by atomic mass is 10.2. The van der Waals surface area contributed by atoms with Gasteiger partial charge in [0.2, 0.25) is 0 Å². The van der Waals surface area contributed by atoms with Gasteiger partial charge < -0.3 is 4.74 Å². The van der Waals surface area contributed by atoms with E-state index in [2.05, 4.69) is 36.6 Å². The number of anilines is 1. The molecule has 0 bridgehead atoms. The van der Waals surface area contributed by atoms with Crippen molar-refractivity contribution in [2.45, 2.75) is 11.8 Å². The smallest absolute Gasteiger partial charge is 0.262 e. The summed E-state index contributed by atoms with van der Waals surface area (Å²) in [6.45, 7) is 1.76. The van der Waals surface area contributed by atoms with Crippen LogP contribution in [0.15, 0.2) is 50.2 Å². The van der Waals surface area contributed by atoms with E-state index in [-0.39, 0.29) is 4.90 Å². The average molecular weight is 435 g/mol. The van der Waals surface area contributed by atoms with Gasteiger partial charge in [-0.05, 0) is 56.5 Å². The third-order valence-corrected chi connectivity index (χ3v) is 5.67. The minimum absolute atomic E-state index is 0.249. The van der Waals surface area contributed by atoms with Gasteiger partial charge in [-0.2, -0.15) is 0 Å². The molecule has 0 saturated carbocycles. The Morgan fingerprint density at radius 3 is 2.38 bits per heavy atom. The summed E-state index contributed by atoms with van der Waals surface area (Å²) in [6.07, 6.45) is 0. The van der Waals surface area contributed by atoms with E-state index in [1.54, 1.807) is 43.3 Å². The number of ether oxygens (including phenoxy) is 1. The molecule has 0 unspecified atom stereocenters. The molecule has 0 atom stereocenters. The third-order valence-electron chi connectivity index (χ3n) is 2.87. The molecule has 0 radical (unpaired) electrons. The van der Waals surface area contributed by atoms with Gasteiger partial charge in [-0.15, -0.1) is 0 Å². The molecular formula is C14H13Br2NO3S. The molecule has 0 amide bonds. The maximum absolute atomic E-state index is 12.5. The van der Waals surface area contributed by atoms with Crippen LogP contribution >= 0.6 is 31.9 Å². The Morgan fingerprint density at radius 1 is 1.10 bits per heavy atom. The maximum Gasteiger partial charge on any atom is 0.262 e. The van der Waals surface area contributed by atoms with E-state index in [1.807, 2.05) is 0 Å². The summed E-state index contributed by atoms with van der Waals surface area (Å²) in [5.74, 6) is 0.542. The zero-order chi connectivity index (χ0) is 15.6. The monoisotopic (exact) mass is 433 g/mol. The Bertz CT molecular complexity index is 776. The van der Waals surface area contributed by atoms with Gasteiger partial charge >= 0.3 is 0 Å². The van der Waals surface area contributed by atoms with Gasteiger partial charge in [0.15, 0.2) is 0 Å². The van der Waals surface area contributed by atoms with E-state index in [1.165, 1.54) is 7.11 Å². The van der Waals surface area contributed by atoms with Crippen LogP contribution in [0.1, 0.15) is 5.56 Å². The molecule has 0 fully saturated rings. The van der Waals surface area contributed by atoms with Gasteiger partial charge in [-0.1, -0.05) is 18.2 Å². The fourth-order valence-corrected chi connectivity index (χ4v) is 4.53. The van der Waals surface area contributed by atoms with E-state index < -0.39 is 10.0 Å². The summed E-state index contributed by atoms with van der Waals surface area (Å²) < 4.78 is 34.1. The summed E-state index contributed by atoms with van der Waals surface area (Å²) in [7, 11) is -2.13. The van der Waals surface area contributed by atoms with Crippen molar-refractivity contribution in [2.24, 2.45) is 0 Å². The van der Waals surface area contributed by atoms with Crippen molar-refractivity contribution in [1.82, 2.24) is 0 Å². The SMILES string of the molecule is COc1cc(NS(=O)(=O)c2ccccc2C)c(Br)cc1Br. The van der Waals surface area contributed by atoms with Gasteiger partial charge in [0.25, 0.3) is 10.0 Å². The summed E-state index contributed by atoms with van der Waals surface area (Å²) in [4.78, 5) is 0.249. The summed E-state index contributed by atoms with van der Waals surface area (Å²) in [5.41, 5.74) is 1.10. The molecule has 2 rings (SSSR count). The molecule has 21 heavy (non-hydrogen) atoms. The van der Waals surface area contributed by atoms with Crippen LogP contribution in [0.5, 0.6) is 5.75 Å². The van der Waals surface area contributed by atoms with Crippen molar-refractivity contribution in [2.75, 3.05) is 11.8 Å². The molecule has 1 N–H and O–H groups in total. The second-order valence-electron chi connectivity index (χ2n) is 4.34. The molecule has 0 spiro atoms. The minimum Gasteiger partial charge on any atom is -0.495 e. The predicted molar refractivity (Wildman–Crippen MR) is 90.4 cm³/mol. The second kappa shape index (κ2) is 6.37. The Labute approximate surface area is 140 Å². The highest BCUT2D eigenvalue weighted by Gasteiger charge is 2.18. The van der Waals surface area contributed by atoms with Crippen molar-refractivity contribution in [1.29, 1.82) is 0 Å². The zero-order valence-corrected chi connectivity index (χ0v) is 15.3. The van der Waals surface area contributed by atoms with Crippen LogP contribution in [0.25, 0.3) is 0 Å². The molecule has 2 aromatic carbocycles. The van der Waals surface area contributed by atoms with E-state index >= 15 is 0 Å². The standard InChI is InChI=1S/C14H13Br2NO3S/c1-9-5-3-4-6-14(9)21(18,19)17-12-8-13(20-2)11(16)7-10(12)15/h3-8,17H,1-2H3. The summed E-state index contributed by atoms with van der Waals surface area (Å²) in [5, 5.41) is 0. The number of aryl methyl sites for hydroxylation is 1. The van der Waals surface area contributed by atoms with Crippen molar-refractivity contribution in [3.63, 3.8) is 0 Å². The number of methoxy groups -OCH3 is 1. The molecule has 0 aliphatic rings. The molecule has 0 aromatic heterocycles. The fourth-order valence-electron chi connectivity index (χ4n) is 1.82. The van der Waals surface area contributed by atoms with E-state index in [9.17, 15) is 8.42 Å². The topological polar surface area (TPSA) is 55.4 Å². The molecule has 0 aliphatic heterocycles. The quantitative estimate of drug-likeness (QED) is 0.778. The minimum atomic E-state index is -3.66. The van der Waals surface area contributed by atoms with Crippen molar-refractivity contribution in [3.8, 4) is 5.75 Å². The molecule has 0 saturated heterocycles. The first-order chi connectivity index (χ1) is 9.85. The number of hydrogen-bond acceptors (Lipinski definition) is 3. The molecule has 112 valence electrons. The van der Waals surface area contributed by atoms with Crippen LogP contribution in [0.3, 0.4) is 0 Å². The van der Waals surface area contributed by atoms with Crippen LogP contribution < -0.4 is 9.46 Å². The van der Waals surface area contributed by atoms with Gasteiger partial charge in [-0.3, -0.25) is 4.72 Å². The van der Waals surface area contributed by atoms with Gasteiger partial charge in [0.1, 0.15) is 5.75 Å². The van der Waals surface area contributed by atoms with Crippen molar-refractivity contribution >= 4 is 47.6 Å². The van der Waals surface area contributed by atoms with Crippen molar-refractivity contribution in [3.05, 3.63) is 50.9 Å². The van der Waals surface area contributed by atoms with Crippen LogP contribution in [-0.2, 0) is 10.0 Å². The molecule has 7 heteroatoms. The molecule has 0 aliphatic carbocycles. The largest absolute Gasteiger partial charge is 0.495 e. The highest BCUT2D eigenvalue weighted by Crippen LogP contribution is 2.35. The number of sulfonamides is 1.